The van der Waals surface area contributed by atoms with Crippen LogP contribution < -0.4 is 10.6 Å². The van der Waals surface area contributed by atoms with Crippen LogP contribution in [0, 0.1) is 5.41 Å². The number of rotatable bonds is 3. The summed E-state index contributed by atoms with van der Waals surface area (Å²) in [4.78, 5) is 12.1. The second-order valence-electron chi connectivity index (χ2n) is 5.20. The predicted molar refractivity (Wildman–Crippen MR) is 57.4 cm³/mol. The van der Waals surface area contributed by atoms with Crippen molar-refractivity contribution in [2.75, 3.05) is 19.7 Å². The van der Waals surface area contributed by atoms with Gasteiger partial charge in [0.1, 0.15) is 0 Å². The van der Waals surface area contributed by atoms with Crippen molar-refractivity contribution in [3.8, 4) is 0 Å². The van der Waals surface area contributed by atoms with Gasteiger partial charge in [0, 0.05) is 5.41 Å². The highest BCUT2D eigenvalue weighted by Crippen LogP contribution is 2.37. The molecule has 0 bridgehead atoms. The molecule has 2 fully saturated rings. The lowest BCUT2D eigenvalue weighted by Crippen LogP contribution is -2.50. The van der Waals surface area contributed by atoms with Gasteiger partial charge in [0.15, 0.2) is 0 Å². The minimum Gasteiger partial charge on any atom is -0.394 e. The van der Waals surface area contributed by atoms with Gasteiger partial charge in [-0.1, -0.05) is 6.92 Å². The molecule has 4 nitrogen and oxygen atoms in total. The van der Waals surface area contributed by atoms with Gasteiger partial charge in [0.05, 0.1) is 12.1 Å². The number of hydrogen-bond acceptors (Lipinski definition) is 3. The molecule has 0 radical (unpaired) electrons. The maximum Gasteiger partial charge on any atom is 0.226 e. The van der Waals surface area contributed by atoms with Gasteiger partial charge in [-0.3, -0.25) is 4.79 Å². The fraction of sp³-hybridized carbons (Fsp3) is 0.909. The summed E-state index contributed by atoms with van der Waals surface area (Å²) in [6.45, 7) is 3.93. The Morgan fingerprint density at radius 1 is 1.33 bits per heavy atom. The van der Waals surface area contributed by atoms with Crippen LogP contribution in [0.25, 0.3) is 0 Å². The van der Waals surface area contributed by atoms with Crippen LogP contribution >= 0.6 is 0 Å². The minimum atomic E-state index is -0.273. The van der Waals surface area contributed by atoms with Crippen LogP contribution in [0.2, 0.25) is 0 Å². The van der Waals surface area contributed by atoms with E-state index in [9.17, 15) is 4.79 Å². The second kappa shape index (κ2) is 3.76. The van der Waals surface area contributed by atoms with E-state index in [0.29, 0.717) is 0 Å². The summed E-state index contributed by atoms with van der Waals surface area (Å²) in [7, 11) is 0. The van der Waals surface area contributed by atoms with Crippen LogP contribution in [0.15, 0.2) is 0 Å². The molecule has 1 saturated carbocycles. The first-order valence-corrected chi connectivity index (χ1v) is 5.75. The van der Waals surface area contributed by atoms with Crippen LogP contribution in [-0.2, 0) is 4.79 Å². The van der Waals surface area contributed by atoms with Crippen LogP contribution in [0.5, 0.6) is 0 Å². The van der Waals surface area contributed by atoms with E-state index >= 15 is 0 Å². The van der Waals surface area contributed by atoms with Gasteiger partial charge in [0.25, 0.3) is 0 Å². The molecule has 1 aliphatic heterocycles. The SMILES string of the molecule is CC1(C(=O)NC2(CO)CC2)CCNCC1. The Kier molecular flexibility index (Phi) is 2.73. The number of piperidine rings is 1. The maximum atomic E-state index is 12.1. The van der Waals surface area contributed by atoms with Crippen molar-refractivity contribution < 1.29 is 9.90 Å². The van der Waals surface area contributed by atoms with E-state index in [1.807, 2.05) is 6.92 Å². The Morgan fingerprint density at radius 2 is 1.93 bits per heavy atom. The topological polar surface area (TPSA) is 61.4 Å². The third-order valence-electron chi connectivity index (χ3n) is 3.79. The molecule has 0 spiro atoms. The van der Waals surface area contributed by atoms with Crippen molar-refractivity contribution in [1.29, 1.82) is 0 Å². The number of aliphatic hydroxyl groups is 1. The molecule has 1 aliphatic carbocycles. The van der Waals surface area contributed by atoms with E-state index < -0.39 is 0 Å². The number of carbonyl (C=O) groups excluding carboxylic acids is 1. The molecule has 0 unspecified atom stereocenters. The van der Waals surface area contributed by atoms with Crippen LogP contribution in [0.4, 0.5) is 0 Å². The fourth-order valence-electron chi connectivity index (χ4n) is 2.07. The summed E-state index contributed by atoms with van der Waals surface area (Å²) < 4.78 is 0. The van der Waals surface area contributed by atoms with Crippen LogP contribution in [-0.4, -0.2) is 36.2 Å². The van der Waals surface area contributed by atoms with E-state index in [4.69, 9.17) is 5.11 Å². The smallest absolute Gasteiger partial charge is 0.226 e. The standard InChI is InChI=1S/C11H20N2O2/c1-10(4-6-12-7-5-10)9(15)13-11(8-14)2-3-11/h12,14H,2-8H2,1H3,(H,13,15). The molecular weight excluding hydrogens is 192 g/mol. The molecule has 3 N–H and O–H groups in total. The number of amides is 1. The summed E-state index contributed by atoms with van der Waals surface area (Å²) in [5.74, 6) is 0.121. The minimum absolute atomic E-state index is 0.0765. The van der Waals surface area contributed by atoms with E-state index in [2.05, 4.69) is 10.6 Å². The van der Waals surface area contributed by atoms with Crippen LogP contribution in [0.3, 0.4) is 0 Å². The summed E-state index contributed by atoms with van der Waals surface area (Å²) in [6.07, 6.45) is 3.62. The molecule has 0 aromatic carbocycles. The number of carbonyl (C=O) groups is 1. The molecular formula is C11H20N2O2. The van der Waals surface area contributed by atoms with Crippen molar-refractivity contribution in [3.05, 3.63) is 0 Å². The van der Waals surface area contributed by atoms with Gasteiger partial charge >= 0.3 is 0 Å². The van der Waals surface area contributed by atoms with Gasteiger partial charge in [-0.2, -0.15) is 0 Å². The molecule has 15 heavy (non-hydrogen) atoms. The monoisotopic (exact) mass is 212 g/mol. The molecule has 2 rings (SSSR count). The first-order valence-electron chi connectivity index (χ1n) is 5.75. The summed E-state index contributed by atoms with van der Waals surface area (Å²) in [6, 6.07) is 0. The Hall–Kier alpha value is -0.610. The zero-order chi connectivity index (χ0) is 10.9. The van der Waals surface area contributed by atoms with Gasteiger partial charge in [-0.05, 0) is 38.8 Å². The highest BCUT2D eigenvalue weighted by Gasteiger charge is 2.46. The van der Waals surface area contributed by atoms with E-state index in [-0.39, 0.29) is 23.5 Å². The van der Waals surface area contributed by atoms with Crippen molar-refractivity contribution in [1.82, 2.24) is 10.6 Å². The average Bonchev–Trinajstić information content (AvgIpc) is 3.00. The third kappa shape index (κ3) is 2.16. The molecule has 86 valence electrons. The average molecular weight is 212 g/mol. The summed E-state index contributed by atoms with van der Waals surface area (Å²) in [5, 5.41) is 15.4. The Morgan fingerprint density at radius 3 is 2.40 bits per heavy atom. The normalized spacial score (nSPS) is 27.1. The maximum absolute atomic E-state index is 12.1. The van der Waals surface area contributed by atoms with Crippen molar-refractivity contribution >= 4 is 5.91 Å². The number of nitrogens with one attached hydrogen (secondary N) is 2. The first-order chi connectivity index (χ1) is 7.10. The summed E-state index contributed by atoms with van der Waals surface area (Å²) in [5.41, 5.74) is -0.513. The first kappa shape index (κ1) is 10.9. The van der Waals surface area contributed by atoms with Crippen molar-refractivity contribution in [2.45, 2.75) is 38.1 Å². The van der Waals surface area contributed by atoms with E-state index in [1.54, 1.807) is 0 Å². The molecule has 1 amide bonds. The zero-order valence-corrected chi connectivity index (χ0v) is 9.31. The summed E-state index contributed by atoms with van der Waals surface area (Å²) >= 11 is 0. The Balaban J connectivity index is 1.94. The van der Waals surface area contributed by atoms with Crippen molar-refractivity contribution in [2.24, 2.45) is 5.41 Å². The van der Waals surface area contributed by atoms with Crippen molar-refractivity contribution in [3.63, 3.8) is 0 Å². The third-order valence-corrected chi connectivity index (χ3v) is 3.79. The Labute approximate surface area is 90.4 Å². The number of aliphatic hydroxyl groups excluding tert-OH is 1. The highest BCUT2D eigenvalue weighted by molar-refractivity contribution is 5.83. The van der Waals surface area contributed by atoms with E-state index in [0.717, 1.165) is 38.8 Å². The molecule has 1 saturated heterocycles. The fourth-order valence-corrected chi connectivity index (χ4v) is 2.07. The second-order valence-corrected chi connectivity index (χ2v) is 5.20. The largest absolute Gasteiger partial charge is 0.394 e. The van der Waals surface area contributed by atoms with Gasteiger partial charge in [0.2, 0.25) is 5.91 Å². The molecule has 4 heteroatoms. The van der Waals surface area contributed by atoms with Crippen LogP contribution in [0.1, 0.15) is 32.6 Å². The van der Waals surface area contributed by atoms with Gasteiger partial charge < -0.3 is 15.7 Å². The molecule has 2 aliphatic rings. The Bertz CT molecular complexity index is 255. The quantitative estimate of drug-likeness (QED) is 0.618. The zero-order valence-electron chi connectivity index (χ0n) is 9.31. The molecule has 0 aromatic heterocycles. The predicted octanol–water partition coefficient (Wildman–Crippen LogP) is 0.0172. The lowest BCUT2D eigenvalue weighted by molar-refractivity contribution is -0.133. The number of hydrogen-bond donors (Lipinski definition) is 3. The molecule has 0 aromatic rings. The lowest BCUT2D eigenvalue weighted by Gasteiger charge is -2.34. The lowest BCUT2D eigenvalue weighted by atomic mass is 9.80. The highest BCUT2D eigenvalue weighted by atomic mass is 16.3. The molecule has 1 heterocycles. The van der Waals surface area contributed by atoms with Gasteiger partial charge in [-0.25, -0.2) is 0 Å². The van der Waals surface area contributed by atoms with Gasteiger partial charge in [-0.15, -0.1) is 0 Å². The van der Waals surface area contributed by atoms with E-state index in [1.165, 1.54) is 0 Å². The molecule has 0 atom stereocenters.